The zero-order chi connectivity index (χ0) is 33.3. The number of carbonyl (C=O) groups excluding carboxylic acids is 2. The monoisotopic (exact) mass is 679 g/mol. The van der Waals surface area contributed by atoms with Gasteiger partial charge >= 0.3 is 6.36 Å². The first-order chi connectivity index (χ1) is 21.8. The maximum atomic E-state index is 14.2. The first-order valence-corrected chi connectivity index (χ1v) is 15.8. The molecule has 2 heterocycles. The third-order valence-electron chi connectivity index (χ3n) is 8.71. The van der Waals surface area contributed by atoms with Gasteiger partial charge in [0, 0.05) is 36.2 Å². The van der Waals surface area contributed by atoms with Crippen molar-refractivity contribution in [3.05, 3.63) is 85.2 Å². The Labute approximate surface area is 274 Å². The number of halogens is 5. The van der Waals surface area contributed by atoms with Gasteiger partial charge in [-0.25, -0.2) is 4.98 Å². The van der Waals surface area contributed by atoms with Crippen LogP contribution >= 0.6 is 23.2 Å². The number of carbonyl (C=O) groups is 2. The minimum atomic E-state index is -4.81. The molecule has 1 aromatic heterocycles. The summed E-state index contributed by atoms with van der Waals surface area (Å²) in [5.41, 5.74) is 1.75. The molecule has 0 bridgehead atoms. The van der Waals surface area contributed by atoms with Crippen LogP contribution in [0.5, 0.6) is 5.75 Å². The summed E-state index contributed by atoms with van der Waals surface area (Å²) < 4.78 is 43.7. The second-order valence-electron chi connectivity index (χ2n) is 11.8. The number of rotatable bonds is 7. The highest BCUT2D eigenvalue weighted by Crippen LogP contribution is 2.35. The predicted octanol–water partition coefficient (Wildman–Crippen LogP) is 6.69. The van der Waals surface area contributed by atoms with Crippen molar-refractivity contribution in [3.63, 3.8) is 0 Å². The van der Waals surface area contributed by atoms with Crippen molar-refractivity contribution in [1.29, 1.82) is 0 Å². The second kappa shape index (κ2) is 13.5. The number of anilines is 1. The number of alkyl halides is 3. The predicted molar refractivity (Wildman–Crippen MR) is 168 cm³/mol. The van der Waals surface area contributed by atoms with Gasteiger partial charge < -0.3 is 20.3 Å². The number of fused-ring (bicyclic) bond motifs is 1. The lowest BCUT2D eigenvalue weighted by atomic mass is 9.85. The van der Waals surface area contributed by atoms with Gasteiger partial charge in [0.15, 0.2) is 0 Å². The molecule has 2 N–H and O–H groups in total. The molecule has 9 nitrogen and oxygen atoms in total. The molecule has 0 spiro atoms. The van der Waals surface area contributed by atoms with Gasteiger partial charge in [0.2, 0.25) is 11.9 Å². The Hall–Kier alpha value is -3.77. The fraction of sp³-hybridized carbons (Fsp3) is 0.438. The smallest absolute Gasteiger partial charge is 0.406 e. The van der Waals surface area contributed by atoms with Crippen LogP contribution in [0.3, 0.4) is 0 Å². The highest BCUT2D eigenvalue weighted by Gasteiger charge is 2.35. The van der Waals surface area contributed by atoms with Crippen LogP contribution in [0.15, 0.2) is 47.3 Å². The molecule has 246 valence electrons. The number of benzene rings is 2. The Morgan fingerprint density at radius 3 is 2.33 bits per heavy atom. The first kappa shape index (κ1) is 33.6. The summed E-state index contributed by atoms with van der Waals surface area (Å²) in [6.07, 6.45) is -2.14. The number of nitrogens with zero attached hydrogens (tertiary/aromatic N) is 3. The highest BCUT2D eigenvalue weighted by atomic mass is 35.5. The van der Waals surface area contributed by atoms with Crippen LogP contribution in [-0.4, -0.2) is 45.7 Å². The van der Waals surface area contributed by atoms with Gasteiger partial charge in [-0.15, -0.1) is 13.2 Å². The number of nitrogens with one attached hydrogen (secondary N) is 2. The average molecular weight is 681 g/mol. The zero-order valence-corrected chi connectivity index (χ0v) is 27.0. The summed E-state index contributed by atoms with van der Waals surface area (Å²) in [7, 11) is 1.61. The maximum absolute atomic E-state index is 14.2. The van der Waals surface area contributed by atoms with Crippen molar-refractivity contribution in [2.24, 2.45) is 5.92 Å². The molecule has 1 fully saturated rings. The molecule has 2 atom stereocenters. The lowest BCUT2D eigenvalue weighted by Gasteiger charge is -2.36. The fourth-order valence-electron chi connectivity index (χ4n) is 6.22. The molecule has 1 aliphatic carbocycles. The van der Waals surface area contributed by atoms with Crippen molar-refractivity contribution >= 4 is 41.0 Å². The minimum absolute atomic E-state index is 0.0279. The van der Waals surface area contributed by atoms with Crippen LogP contribution in [0.25, 0.3) is 0 Å². The van der Waals surface area contributed by atoms with E-state index in [4.69, 9.17) is 28.2 Å². The van der Waals surface area contributed by atoms with Gasteiger partial charge in [0.05, 0.1) is 28.3 Å². The van der Waals surface area contributed by atoms with E-state index in [-0.39, 0.29) is 65.1 Å². The first-order valence-electron chi connectivity index (χ1n) is 15.0. The van der Waals surface area contributed by atoms with E-state index < -0.39 is 12.4 Å². The Kier molecular flexibility index (Phi) is 9.88. The number of hydrogen-bond acceptors (Lipinski definition) is 6. The summed E-state index contributed by atoms with van der Waals surface area (Å²) in [6.45, 7) is 3.76. The molecule has 2 aliphatic rings. The van der Waals surface area contributed by atoms with Crippen molar-refractivity contribution < 1.29 is 27.5 Å². The van der Waals surface area contributed by atoms with Crippen molar-refractivity contribution in [1.82, 2.24) is 19.8 Å². The van der Waals surface area contributed by atoms with Gasteiger partial charge in [0.1, 0.15) is 5.75 Å². The van der Waals surface area contributed by atoms with Crippen LogP contribution in [0.2, 0.25) is 10.0 Å². The minimum Gasteiger partial charge on any atom is -0.406 e. The van der Waals surface area contributed by atoms with E-state index in [2.05, 4.69) is 15.4 Å². The largest absolute Gasteiger partial charge is 0.573 e. The fourth-order valence-corrected chi connectivity index (χ4v) is 6.51. The Morgan fingerprint density at radius 2 is 1.72 bits per heavy atom. The molecule has 5 rings (SSSR count). The molecule has 0 unspecified atom stereocenters. The summed E-state index contributed by atoms with van der Waals surface area (Å²) in [6, 6.07) is 9.13. The molecule has 3 aromatic rings. The highest BCUT2D eigenvalue weighted by molar-refractivity contribution is 6.42. The van der Waals surface area contributed by atoms with E-state index in [1.54, 1.807) is 35.6 Å². The normalized spacial score (nSPS) is 20.4. The molecular formula is C32H34Cl2F3N5O4. The van der Waals surface area contributed by atoms with Gasteiger partial charge in [0.25, 0.3) is 11.5 Å². The lowest BCUT2D eigenvalue weighted by molar-refractivity contribution is -0.274. The molecule has 0 radical (unpaired) electrons. The number of amides is 2. The van der Waals surface area contributed by atoms with Gasteiger partial charge in [-0.1, -0.05) is 35.3 Å². The molecular weight excluding hydrogens is 646 g/mol. The van der Waals surface area contributed by atoms with E-state index in [0.29, 0.717) is 53.1 Å². The quantitative estimate of drug-likeness (QED) is 0.289. The lowest BCUT2D eigenvalue weighted by Crippen LogP contribution is -2.46. The summed E-state index contributed by atoms with van der Waals surface area (Å²) in [4.78, 5) is 46.6. The van der Waals surface area contributed by atoms with Crippen LogP contribution in [0.4, 0.5) is 19.1 Å². The SMILES string of the molecule is CNC(=O)[C@H]1CC[C@H](n2c(N[C@@H](C)c3ccc(OC(F)(F)F)cc3)nc3c(c2=O)C[C@@H](C)N(C(=O)c2ccc(Cl)c(Cl)c2)C3)CC1. The molecule has 2 amide bonds. The Balaban J connectivity index is 1.48. The Morgan fingerprint density at radius 1 is 1.04 bits per heavy atom. The molecule has 46 heavy (non-hydrogen) atoms. The van der Waals surface area contributed by atoms with Gasteiger partial charge in [-0.3, -0.25) is 19.0 Å². The molecule has 1 aliphatic heterocycles. The van der Waals surface area contributed by atoms with E-state index >= 15 is 0 Å². The van der Waals surface area contributed by atoms with Crippen LogP contribution < -0.4 is 20.9 Å². The third-order valence-corrected chi connectivity index (χ3v) is 9.45. The van der Waals surface area contributed by atoms with Crippen LogP contribution in [0, 0.1) is 5.92 Å². The van der Waals surface area contributed by atoms with E-state index in [1.807, 2.05) is 6.92 Å². The standard InChI is InChI=1S/C32H34Cl2F3N5O4/c1-17-14-24-27(16-41(17)29(44)21-8-13-25(33)26(34)15-21)40-31(39-18(2)19-6-11-23(12-7-19)46-32(35,36)37)42(30(24)45)22-9-4-20(5-10-22)28(43)38-3/h6-8,11-13,15,17-18,20,22H,4-5,9-10,14,16H2,1-3H3,(H,38,43)(H,39,40)/t17-,18+,20-,22-/m1/s1. The van der Waals surface area contributed by atoms with E-state index in [0.717, 1.165) is 0 Å². The Bertz CT molecular complexity index is 1670. The molecule has 0 saturated heterocycles. The van der Waals surface area contributed by atoms with Crippen LogP contribution in [-0.2, 0) is 17.8 Å². The van der Waals surface area contributed by atoms with E-state index in [9.17, 15) is 27.6 Å². The molecule has 1 saturated carbocycles. The number of aromatic nitrogens is 2. The third kappa shape index (κ3) is 7.28. The summed E-state index contributed by atoms with van der Waals surface area (Å²) >= 11 is 12.2. The maximum Gasteiger partial charge on any atom is 0.573 e. The van der Waals surface area contributed by atoms with Gasteiger partial charge in [-0.05, 0) is 81.8 Å². The van der Waals surface area contributed by atoms with Crippen LogP contribution in [0.1, 0.15) is 78.8 Å². The van der Waals surface area contributed by atoms with Crippen molar-refractivity contribution in [3.8, 4) is 5.75 Å². The number of ether oxygens (including phenoxy) is 1. The molecule has 2 aromatic carbocycles. The topological polar surface area (TPSA) is 106 Å². The van der Waals surface area contributed by atoms with E-state index in [1.165, 1.54) is 30.3 Å². The molecule has 14 heteroatoms. The summed E-state index contributed by atoms with van der Waals surface area (Å²) in [5, 5.41) is 6.58. The van der Waals surface area contributed by atoms with Crippen molar-refractivity contribution in [2.45, 2.75) is 77.0 Å². The van der Waals surface area contributed by atoms with Gasteiger partial charge in [-0.2, -0.15) is 0 Å². The summed E-state index contributed by atoms with van der Waals surface area (Å²) in [5.74, 6) is -0.511. The van der Waals surface area contributed by atoms with Crippen molar-refractivity contribution in [2.75, 3.05) is 12.4 Å². The average Bonchev–Trinajstić information content (AvgIpc) is 3.01. The second-order valence-corrected chi connectivity index (χ2v) is 12.6. The number of hydrogen-bond donors (Lipinski definition) is 2. The zero-order valence-electron chi connectivity index (χ0n) is 25.5.